The molecule has 0 fully saturated rings. The van der Waals surface area contributed by atoms with E-state index in [4.69, 9.17) is 0 Å². The Morgan fingerprint density at radius 3 is 2.20 bits per heavy atom. The number of carbonyl (C=O) groups is 1. The highest BCUT2D eigenvalue weighted by Crippen LogP contribution is 2.39. The minimum atomic E-state index is -4.52. The van der Waals surface area contributed by atoms with Crippen LogP contribution in [0.3, 0.4) is 0 Å². The largest absolute Gasteiger partial charge is 0.418 e. The van der Waals surface area contributed by atoms with E-state index in [9.17, 15) is 18.0 Å². The zero-order valence-electron chi connectivity index (χ0n) is 15.4. The number of carbonyl (C=O) groups excluding carboxylic acids is 1. The zero-order valence-corrected chi connectivity index (χ0v) is 17.0. The summed E-state index contributed by atoms with van der Waals surface area (Å²) in [5.41, 5.74) is 1.94. The van der Waals surface area contributed by atoms with Crippen molar-refractivity contribution in [2.24, 2.45) is 0 Å². The van der Waals surface area contributed by atoms with Crippen molar-refractivity contribution < 1.29 is 18.0 Å². The Hall–Kier alpha value is -3.19. The van der Waals surface area contributed by atoms with E-state index in [1.54, 1.807) is 34.9 Å². The van der Waals surface area contributed by atoms with Crippen molar-refractivity contribution in [3.8, 4) is 28.3 Å². The molecule has 0 radical (unpaired) electrons. The van der Waals surface area contributed by atoms with Gasteiger partial charge in [-0.15, -0.1) is 0 Å². The molecule has 0 aliphatic heterocycles. The van der Waals surface area contributed by atoms with Crippen LogP contribution in [0.25, 0.3) is 28.3 Å². The number of hydrogen-bond donors (Lipinski definition) is 0. The van der Waals surface area contributed by atoms with Gasteiger partial charge >= 0.3 is 6.18 Å². The second-order valence-electron chi connectivity index (χ2n) is 6.56. The first-order chi connectivity index (χ1) is 14.4. The van der Waals surface area contributed by atoms with Crippen LogP contribution in [0, 0.1) is 0 Å². The molecule has 2 aromatic carbocycles. The highest BCUT2D eigenvalue weighted by molar-refractivity contribution is 9.10. The van der Waals surface area contributed by atoms with E-state index >= 15 is 0 Å². The monoisotopic (exact) mass is 470 g/mol. The maximum absolute atomic E-state index is 13.8. The van der Waals surface area contributed by atoms with Gasteiger partial charge in [0.15, 0.2) is 6.29 Å². The molecule has 0 saturated carbocycles. The number of pyridine rings is 1. The fourth-order valence-corrected chi connectivity index (χ4v) is 3.54. The van der Waals surface area contributed by atoms with Crippen LogP contribution in [-0.4, -0.2) is 15.8 Å². The number of halogens is 4. The topological polar surface area (TPSA) is 34.9 Å². The molecule has 2 heterocycles. The van der Waals surface area contributed by atoms with Crippen LogP contribution >= 0.6 is 15.9 Å². The molecule has 0 N–H and O–H groups in total. The molecule has 0 spiro atoms. The number of alkyl halides is 3. The van der Waals surface area contributed by atoms with Crippen molar-refractivity contribution in [1.29, 1.82) is 0 Å². The standard InChI is InChI=1S/C23H14BrF3N2O/c24-17-8-6-16(7-9-17)20-11-12-22(19-10-5-15(14-30)13-28-19)29(20)21-4-2-1-3-18(21)23(25,26)27/h1-14H. The van der Waals surface area contributed by atoms with E-state index in [0.717, 1.165) is 16.1 Å². The van der Waals surface area contributed by atoms with Gasteiger partial charge < -0.3 is 4.57 Å². The molecule has 0 amide bonds. The lowest BCUT2D eigenvalue weighted by Gasteiger charge is -2.19. The Kier molecular flexibility index (Phi) is 5.30. The molecule has 0 bridgehead atoms. The molecule has 7 heteroatoms. The van der Waals surface area contributed by atoms with Gasteiger partial charge in [-0.25, -0.2) is 0 Å². The molecule has 0 unspecified atom stereocenters. The fraction of sp³-hybridized carbons (Fsp3) is 0.0435. The first-order valence-corrected chi connectivity index (χ1v) is 9.73. The Bertz CT molecular complexity index is 1200. The Labute approximate surface area is 178 Å². The summed E-state index contributed by atoms with van der Waals surface area (Å²) >= 11 is 3.38. The van der Waals surface area contributed by atoms with Crippen molar-refractivity contribution >= 4 is 22.2 Å². The second kappa shape index (κ2) is 7.91. The summed E-state index contributed by atoms with van der Waals surface area (Å²) in [7, 11) is 0. The Balaban J connectivity index is 2.00. The predicted molar refractivity (Wildman–Crippen MR) is 113 cm³/mol. The summed E-state index contributed by atoms with van der Waals surface area (Å²) in [6.45, 7) is 0. The van der Waals surface area contributed by atoms with Gasteiger partial charge in [0.05, 0.1) is 28.3 Å². The number of nitrogens with zero attached hydrogens (tertiary/aromatic N) is 2. The minimum Gasteiger partial charge on any atom is -0.307 e. The number of aldehydes is 1. The number of hydrogen-bond acceptors (Lipinski definition) is 2. The Morgan fingerprint density at radius 2 is 1.57 bits per heavy atom. The smallest absolute Gasteiger partial charge is 0.307 e. The number of para-hydroxylation sites is 1. The third-order valence-corrected chi connectivity index (χ3v) is 5.18. The van der Waals surface area contributed by atoms with Gasteiger partial charge in [-0.3, -0.25) is 9.78 Å². The normalized spacial score (nSPS) is 11.5. The van der Waals surface area contributed by atoms with Crippen molar-refractivity contribution in [2.45, 2.75) is 6.18 Å². The summed E-state index contributed by atoms with van der Waals surface area (Å²) in [5, 5.41) is 0. The summed E-state index contributed by atoms with van der Waals surface area (Å²) in [6, 6.07) is 19.5. The van der Waals surface area contributed by atoms with Gasteiger partial charge in [-0.2, -0.15) is 13.2 Å². The maximum Gasteiger partial charge on any atom is 0.418 e. The molecule has 0 saturated heterocycles. The van der Waals surface area contributed by atoms with Gasteiger partial charge in [0.1, 0.15) is 0 Å². The molecule has 0 aliphatic rings. The molecule has 2 aromatic heterocycles. The SMILES string of the molecule is O=Cc1ccc(-c2ccc(-c3ccc(Br)cc3)n2-c2ccccc2C(F)(F)F)nc1. The highest BCUT2D eigenvalue weighted by atomic mass is 79.9. The Morgan fingerprint density at radius 1 is 0.867 bits per heavy atom. The molecule has 4 rings (SSSR count). The lowest BCUT2D eigenvalue weighted by Crippen LogP contribution is -2.12. The number of benzene rings is 2. The summed E-state index contributed by atoms with van der Waals surface area (Å²) in [6.07, 6.45) is -2.46. The number of aromatic nitrogens is 2. The van der Waals surface area contributed by atoms with Crippen LogP contribution in [0.2, 0.25) is 0 Å². The second-order valence-corrected chi connectivity index (χ2v) is 7.47. The van der Waals surface area contributed by atoms with E-state index in [1.807, 2.05) is 24.3 Å². The molecule has 3 nitrogen and oxygen atoms in total. The van der Waals surface area contributed by atoms with E-state index < -0.39 is 11.7 Å². The van der Waals surface area contributed by atoms with Crippen LogP contribution < -0.4 is 0 Å². The van der Waals surface area contributed by atoms with Crippen LogP contribution in [0.15, 0.2) is 83.5 Å². The zero-order chi connectivity index (χ0) is 21.3. The molecule has 150 valence electrons. The lowest BCUT2D eigenvalue weighted by molar-refractivity contribution is -0.137. The van der Waals surface area contributed by atoms with Crippen LogP contribution in [0.1, 0.15) is 15.9 Å². The first kappa shape index (κ1) is 20.1. The van der Waals surface area contributed by atoms with E-state index in [-0.39, 0.29) is 5.69 Å². The lowest BCUT2D eigenvalue weighted by atomic mass is 10.1. The van der Waals surface area contributed by atoms with Crippen molar-refractivity contribution in [1.82, 2.24) is 9.55 Å². The molecule has 0 aliphatic carbocycles. The minimum absolute atomic E-state index is 0.00387. The van der Waals surface area contributed by atoms with Crippen LogP contribution in [-0.2, 0) is 6.18 Å². The van der Waals surface area contributed by atoms with Gasteiger partial charge in [-0.1, -0.05) is 40.2 Å². The van der Waals surface area contributed by atoms with E-state index in [2.05, 4.69) is 20.9 Å². The van der Waals surface area contributed by atoms with Crippen molar-refractivity contribution in [3.05, 3.63) is 94.6 Å². The summed E-state index contributed by atoms with van der Waals surface area (Å²) in [5.74, 6) is 0. The van der Waals surface area contributed by atoms with E-state index in [0.29, 0.717) is 28.9 Å². The summed E-state index contributed by atoms with van der Waals surface area (Å²) < 4.78 is 43.8. The van der Waals surface area contributed by atoms with Crippen LogP contribution in [0.5, 0.6) is 0 Å². The average molecular weight is 471 g/mol. The molecule has 30 heavy (non-hydrogen) atoms. The van der Waals surface area contributed by atoms with Gasteiger partial charge in [-0.05, 0) is 54.1 Å². The van der Waals surface area contributed by atoms with Gasteiger partial charge in [0, 0.05) is 16.2 Å². The fourth-order valence-electron chi connectivity index (χ4n) is 3.28. The van der Waals surface area contributed by atoms with Crippen molar-refractivity contribution in [2.75, 3.05) is 0 Å². The van der Waals surface area contributed by atoms with Gasteiger partial charge in [0.25, 0.3) is 0 Å². The number of rotatable bonds is 4. The third-order valence-electron chi connectivity index (χ3n) is 4.66. The molecular weight excluding hydrogens is 457 g/mol. The maximum atomic E-state index is 13.8. The van der Waals surface area contributed by atoms with Crippen LogP contribution in [0.4, 0.5) is 13.2 Å². The van der Waals surface area contributed by atoms with E-state index in [1.165, 1.54) is 18.3 Å². The average Bonchev–Trinajstić information content (AvgIpc) is 3.18. The molecule has 4 aromatic rings. The highest BCUT2D eigenvalue weighted by Gasteiger charge is 2.34. The summed E-state index contributed by atoms with van der Waals surface area (Å²) in [4.78, 5) is 15.2. The van der Waals surface area contributed by atoms with Crippen molar-refractivity contribution in [3.63, 3.8) is 0 Å². The predicted octanol–water partition coefficient (Wildman–Crippen LogP) is 6.80. The molecular formula is C23H14BrF3N2O. The molecule has 0 atom stereocenters. The first-order valence-electron chi connectivity index (χ1n) is 8.94. The van der Waals surface area contributed by atoms with Gasteiger partial charge in [0.2, 0.25) is 0 Å². The quantitative estimate of drug-likeness (QED) is 0.307. The third kappa shape index (κ3) is 3.80.